The van der Waals surface area contributed by atoms with E-state index in [0.717, 1.165) is 12.1 Å². The minimum Gasteiger partial charge on any atom is -0.324 e. The normalized spacial score (nSPS) is 13.6. The quantitative estimate of drug-likeness (QED) is 0.807. The first-order valence-electron chi connectivity index (χ1n) is 4.58. The third kappa shape index (κ3) is 3.25. The van der Waals surface area contributed by atoms with Gasteiger partial charge >= 0.3 is 6.18 Å². The summed E-state index contributed by atoms with van der Waals surface area (Å²) in [6, 6.07) is 2.81. The Morgan fingerprint density at radius 1 is 1.38 bits per heavy atom. The number of alkyl halides is 3. The van der Waals surface area contributed by atoms with Gasteiger partial charge in [0.2, 0.25) is 0 Å². The highest BCUT2D eigenvalue weighted by Gasteiger charge is 2.31. The first-order valence-corrected chi connectivity index (χ1v) is 4.96. The van der Waals surface area contributed by atoms with Gasteiger partial charge in [-0.05, 0) is 30.2 Å². The van der Waals surface area contributed by atoms with Crippen molar-refractivity contribution in [1.82, 2.24) is 0 Å². The van der Waals surface area contributed by atoms with Crippen LogP contribution in [0.15, 0.2) is 30.9 Å². The van der Waals surface area contributed by atoms with E-state index in [1.54, 1.807) is 6.08 Å². The van der Waals surface area contributed by atoms with Crippen LogP contribution in [0.1, 0.15) is 23.6 Å². The molecule has 0 spiro atoms. The molecule has 1 atom stereocenters. The molecule has 1 aromatic rings. The Kier molecular flexibility index (Phi) is 3.99. The molecule has 0 bridgehead atoms. The fraction of sp³-hybridized carbons (Fsp3) is 0.273. The lowest BCUT2D eigenvalue weighted by molar-refractivity contribution is -0.137. The lowest BCUT2D eigenvalue weighted by Crippen LogP contribution is -2.12. The third-order valence-electron chi connectivity index (χ3n) is 2.10. The predicted octanol–water partition coefficient (Wildman–Crippen LogP) is 3.93. The van der Waals surface area contributed by atoms with Gasteiger partial charge in [-0.25, -0.2) is 0 Å². The molecular formula is C11H11ClF3N. The highest BCUT2D eigenvalue weighted by molar-refractivity contribution is 6.30. The molecule has 16 heavy (non-hydrogen) atoms. The van der Waals surface area contributed by atoms with Gasteiger partial charge in [-0.1, -0.05) is 17.7 Å². The molecule has 0 amide bonds. The molecule has 1 nitrogen and oxygen atoms in total. The van der Waals surface area contributed by atoms with Crippen LogP contribution in [-0.4, -0.2) is 0 Å². The predicted molar refractivity (Wildman–Crippen MR) is 58.2 cm³/mol. The van der Waals surface area contributed by atoms with Gasteiger partial charge in [-0.2, -0.15) is 13.2 Å². The molecule has 1 rings (SSSR count). The molecular weight excluding hydrogens is 239 g/mol. The zero-order valence-corrected chi connectivity index (χ0v) is 9.15. The van der Waals surface area contributed by atoms with Gasteiger partial charge in [0.15, 0.2) is 0 Å². The van der Waals surface area contributed by atoms with Gasteiger partial charge in [0.1, 0.15) is 0 Å². The van der Waals surface area contributed by atoms with Crippen LogP contribution < -0.4 is 5.73 Å². The third-order valence-corrected chi connectivity index (χ3v) is 2.31. The molecule has 0 aliphatic heterocycles. The van der Waals surface area contributed by atoms with E-state index in [1.165, 1.54) is 6.07 Å². The molecule has 0 aliphatic carbocycles. The number of hydrogen-bond acceptors (Lipinski definition) is 1. The Morgan fingerprint density at radius 3 is 2.50 bits per heavy atom. The summed E-state index contributed by atoms with van der Waals surface area (Å²) in [5.74, 6) is 0. The first kappa shape index (κ1) is 13.1. The highest BCUT2D eigenvalue weighted by Crippen LogP contribution is 2.33. The van der Waals surface area contributed by atoms with Crippen LogP contribution in [0, 0.1) is 0 Å². The highest BCUT2D eigenvalue weighted by atomic mass is 35.5. The van der Waals surface area contributed by atoms with Crippen LogP contribution in [0.5, 0.6) is 0 Å². The van der Waals surface area contributed by atoms with Crippen molar-refractivity contribution < 1.29 is 13.2 Å². The zero-order chi connectivity index (χ0) is 12.3. The van der Waals surface area contributed by atoms with Gasteiger partial charge in [-0.15, -0.1) is 6.58 Å². The Bertz CT molecular complexity index is 387. The summed E-state index contributed by atoms with van der Waals surface area (Å²) < 4.78 is 37.4. The van der Waals surface area contributed by atoms with E-state index in [9.17, 15) is 13.2 Å². The summed E-state index contributed by atoms with van der Waals surface area (Å²) in [7, 11) is 0. The molecule has 0 unspecified atom stereocenters. The molecule has 2 N–H and O–H groups in total. The fourth-order valence-electron chi connectivity index (χ4n) is 1.31. The lowest BCUT2D eigenvalue weighted by atomic mass is 10.0. The van der Waals surface area contributed by atoms with Crippen molar-refractivity contribution in [3.63, 3.8) is 0 Å². The Hall–Kier alpha value is -1.00. The van der Waals surface area contributed by atoms with Crippen LogP contribution in [0.3, 0.4) is 0 Å². The Balaban J connectivity index is 3.12. The average molecular weight is 250 g/mol. The minimum absolute atomic E-state index is 0.0318. The Labute approximate surface area is 96.7 Å². The van der Waals surface area contributed by atoms with Crippen molar-refractivity contribution in [3.8, 4) is 0 Å². The molecule has 0 heterocycles. The molecule has 0 saturated heterocycles. The van der Waals surface area contributed by atoms with Crippen molar-refractivity contribution in [1.29, 1.82) is 0 Å². The van der Waals surface area contributed by atoms with Crippen LogP contribution >= 0.6 is 11.6 Å². The second-order valence-electron chi connectivity index (χ2n) is 3.40. The van der Waals surface area contributed by atoms with Crippen molar-refractivity contribution in [2.45, 2.75) is 18.6 Å². The van der Waals surface area contributed by atoms with Crippen molar-refractivity contribution >= 4 is 11.6 Å². The van der Waals surface area contributed by atoms with Crippen LogP contribution in [-0.2, 0) is 6.18 Å². The van der Waals surface area contributed by atoms with Crippen molar-refractivity contribution in [2.75, 3.05) is 0 Å². The van der Waals surface area contributed by atoms with Gasteiger partial charge < -0.3 is 5.73 Å². The summed E-state index contributed by atoms with van der Waals surface area (Å²) >= 11 is 5.62. The van der Waals surface area contributed by atoms with E-state index >= 15 is 0 Å². The number of hydrogen-bond donors (Lipinski definition) is 1. The van der Waals surface area contributed by atoms with Crippen molar-refractivity contribution in [2.24, 2.45) is 5.73 Å². The second kappa shape index (κ2) is 4.89. The number of benzene rings is 1. The topological polar surface area (TPSA) is 26.0 Å². The molecule has 88 valence electrons. The van der Waals surface area contributed by atoms with Gasteiger partial charge in [0.25, 0.3) is 0 Å². The monoisotopic (exact) mass is 249 g/mol. The van der Waals surface area contributed by atoms with Crippen LogP contribution in [0.2, 0.25) is 5.02 Å². The summed E-state index contributed by atoms with van der Waals surface area (Å²) in [6.45, 7) is 3.48. The molecule has 0 aliphatic rings. The van der Waals surface area contributed by atoms with Gasteiger partial charge in [0, 0.05) is 11.1 Å². The largest absolute Gasteiger partial charge is 0.416 e. The SMILES string of the molecule is C=CC[C@H](N)c1cc(Cl)cc(C(F)(F)F)c1. The summed E-state index contributed by atoms with van der Waals surface area (Å²) in [4.78, 5) is 0. The maximum absolute atomic E-state index is 12.5. The van der Waals surface area contributed by atoms with Crippen LogP contribution in [0.25, 0.3) is 0 Å². The van der Waals surface area contributed by atoms with E-state index in [-0.39, 0.29) is 5.02 Å². The average Bonchev–Trinajstić information content (AvgIpc) is 2.16. The lowest BCUT2D eigenvalue weighted by Gasteiger charge is -2.13. The molecule has 0 fully saturated rings. The molecule has 0 aromatic heterocycles. The fourth-order valence-corrected chi connectivity index (χ4v) is 1.55. The molecule has 1 aromatic carbocycles. The molecule has 5 heteroatoms. The summed E-state index contributed by atoms with van der Waals surface area (Å²) in [6.07, 6.45) is -2.45. The van der Waals surface area contributed by atoms with E-state index < -0.39 is 17.8 Å². The summed E-state index contributed by atoms with van der Waals surface area (Å²) in [5, 5.41) is 0.0318. The van der Waals surface area contributed by atoms with E-state index in [2.05, 4.69) is 6.58 Å². The van der Waals surface area contributed by atoms with Gasteiger partial charge in [0.05, 0.1) is 5.56 Å². The van der Waals surface area contributed by atoms with Crippen LogP contribution in [0.4, 0.5) is 13.2 Å². The second-order valence-corrected chi connectivity index (χ2v) is 3.84. The van der Waals surface area contributed by atoms with E-state index in [0.29, 0.717) is 12.0 Å². The number of halogens is 4. The van der Waals surface area contributed by atoms with Crippen molar-refractivity contribution in [3.05, 3.63) is 47.0 Å². The number of nitrogens with two attached hydrogens (primary N) is 1. The zero-order valence-electron chi connectivity index (χ0n) is 8.39. The Morgan fingerprint density at radius 2 is 2.00 bits per heavy atom. The van der Waals surface area contributed by atoms with Gasteiger partial charge in [-0.3, -0.25) is 0 Å². The number of rotatable bonds is 3. The maximum Gasteiger partial charge on any atom is 0.416 e. The van der Waals surface area contributed by atoms with E-state index in [4.69, 9.17) is 17.3 Å². The minimum atomic E-state index is -4.41. The standard InChI is InChI=1S/C11H11ClF3N/c1-2-3-10(16)7-4-8(11(13,14)15)6-9(12)5-7/h2,4-6,10H,1,3,16H2/t10-/m0/s1. The summed E-state index contributed by atoms with van der Waals surface area (Å²) in [5.41, 5.74) is 5.27. The molecule has 0 saturated carbocycles. The maximum atomic E-state index is 12.5. The smallest absolute Gasteiger partial charge is 0.324 e. The molecule has 0 radical (unpaired) electrons. The first-order chi connectivity index (χ1) is 7.34. The van der Waals surface area contributed by atoms with E-state index in [1.807, 2.05) is 0 Å².